The van der Waals surface area contributed by atoms with Gasteiger partial charge in [-0.1, -0.05) is 6.07 Å². The Morgan fingerprint density at radius 1 is 1.31 bits per heavy atom. The highest BCUT2D eigenvalue weighted by atomic mass is 16.5. The van der Waals surface area contributed by atoms with Crippen LogP contribution in [0.4, 0.5) is 0 Å². The van der Waals surface area contributed by atoms with Gasteiger partial charge in [0.1, 0.15) is 19.0 Å². The summed E-state index contributed by atoms with van der Waals surface area (Å²) in [5.74, 6) is 0.416. The van der Waals surface area contributed by atoms with Gasteiger partial charge in [0.05, 0.1) is 6.54 Å². The minimum atomic E-state index is -0.483. The van der Waals surface area contributed by atoms with Crippen molar-refractivity contribution < 1.29 is 14.6 Å². The van der Waals surface area contributed by atoms with Crippen LogP contribution in [0, 0.1) is 13.8 Å². The lowest BCUT2D eigenvalue weighted by molar-refractivity contribution is -0.123. The monoisotopic (exact) mass is 223 g/mol. The molecule has 88 valence electrons. The molecule has 0 fully saturated rings. The van der Waals surface area contributed by atoms with Crippen LogP contribution in [0.15, 0.2) is 18.2 Å². The van der Waals surface area contributed by atoms with Crippen molar-refractivity contribution in [2.75, 3.05) is 19.8 Å². The van der Waals surface area contributed by atoms with Gasteiger partial charge in [0.2, 0.25) is 5.91 Å². The molecule has 0 aliphatic heterocycles. The van der Waals surface area contributed by atoms with Gasteiger partial charge < -0.3 is 15.2 Å². The number of aryl methyl sites for hydroxylation is 2. The zero-order valence-corrected chi connectivity index (χ0v) is 9.62. The highest BCUT2D eigenvalue weighted by molar-refractivity contribution is 5.76. The van der Waals surface area contributed by atoms with E-state index in [1.807, 2.05) is 26.0 Å². The number of hydrogen-bond donors (Lipinski definition) is 2. The second kappa shape index (κ2) is 6.12. The van der Waals surface area contributed by atoms with E-state index in [-0.39, 0.29) is 5.91 Å². The Labute approximate surface area is 95.2 Å². The van der Waals surface area contributed by atoms with Crippen LogP contribution in [0.3, 0.4) is 0 Å². The van der Waals surface area contributed by atoms with Crippen LogP contribution in [0.2, 0.25) is 0 Å². The zero-order chi connectivity index (χ0) is 12.0. The summed E-state index contributed by atoms with van der Waals surface area (Å²) in [4.78, 5) is 10.7. The van der Waals surface area contributed by atoms with E-state index in [0.29, 0.717) is 13.2 Å². The largest absolute Gasteiger partial charge is 0.492 e. The third kappa shape index (κ3) is 4.31. The van der Waals surface area contributed by atoms with Gasteiger partial charge in [-0.3, -0.25) is 4.79 Å². The molecular formula is C12H17NO3. The van der Waals surface area contributed by atoms with Crippen molar-refractivity contribution in [2.24, 2.45) is 0 Å². The molecular weight excluding hydrogens is 206 g/mol. The summed E-state index contributed by atoms with van der Waals surface area (Å²) in [5, 5.41) is 11.0. The van der Waals surface area contributed by atoms with Crippen LogP contribution in [0.5, 0.6) is 5.75 Å². The van der Waals surface area contributed by atoms with E-state index in [9.17, 15) is 4.79 Å². The highest BCUT2D eigenvalue weighted by Crippen LogP contribution is 2.15. The first kappa shape index (κ1) is 12.5. The molecule has 0 spiro atoms. The lowest BCUT2D eigenvalue weighted by Gasteiger charge is -2.08. The first-order valence-corrected chi connectivity index (χ1v) is 5.20. The quantitative estimate of drug-likeness (QED) is 0.726. The molecule has 0 radical (unpaired) electrons. The molecule has 0 saturated carbocycles. The van der Waals surface area contributed by atoms with Crippen molar-refractivity contribution in [1.82, 2.24) is 5.32 Å². The van der Waals surface area contributed by atoms with E-state index < -0.39 is 6.61 Å². The molecule has 0 aliphatic carbocycles. The molecule has 0 unspecified atom stereocenters. The summed E-state index contributed by atoms with van der Waals surface area (Å²) in [6.07, 6.45) is 0. The van der Waals surface area contributed by atoms with E-state index in [1.165, 1.54) is 0 Å². The van der Waals surface area contributed by atoms with Gasteiger partial charge in [0.25, 0.3) is 0 Å². The number of rotatable bonds is 5. The van der Waals surface area contributed by atoms with Crippen LogP contribution in [0.1, 0.15) is 11.1 Å². The molecule has 0 aromatic heterocycles. The zero-order valence-electron chi connectivity index (χ0n) is 9.62. The van der Waals surface area contributed by atoms with E-state index in [0.717, 1.165) is 16.9 Å². The van der Waals surface area contributed by atoms with Gasteiger partial charge in [-0.2, -0.15) is 0 Å². The fourth-order valence-corrected chi connectivity index (χ4v) is 1.43. The Hall–Kier alpha value is -1.55. The summed E-state index contributed by atoms with van der Waals surface area (Å²) in [5.41, 5.74) is 2.30. The number of aliphatic hydroxyl groups excluding tert-OH is 1. The van der Waals surface area contributed by atoms with Crippen molar-refractivity contribution in [2.45, 2.75) is 13.8 Å². The molecule has 0 aliphatic rings. The number of amides is 1. The molecule has 0 atom stereocenters. The Kier molecular flexibility index (Phi) is 4.79. The molecule has 4 nitrogen and oxygen atoms in total. The van der Waals surface area contributed by atoms with Crippen LogP contribution in [0.25, 0.3) is 0 Å². The molecule has 2 N–H and O–H groups in total. The topological polar surface area (TPSA) is 58.6 Å². The number of hydrogen-bond acceptors (Lipinski definition) is 3. The lowest BCUT2D eigenvalue weighted by Crippen LogP contribution is -2.30. The molecule has 1 aromatic carbocycles. The maximum Gasteiger partial charge on any atom is 0.245 e. The average Bonchev–Trinajstić information content (AvgIpc) is 2.22. The fraction of sp³-hybridized carbons (Fsp3) is 0.417. The summed E-state index contributed by atoms with van der Waals surface area (Å²) in [6.45, 7) is 4.32. The van der Waals surface area contributed by atoms with Gasteiger partial charge in [0, 0.05) is 0 Å². The van der Waals surface area contributed by atoms with Crippen molar-refractivity contribution in [1.29, 1.82) is 0 Å². The molecule has 0 bridgehead atoms. The minimum Gasteiger partial charge on any atom is -0.492 e. The first-order valence-electron chi connectivity index (χ1n) is 5.20. The first-order chi connectivity index (χ1) is 7.61. The fourth-order valence-electron chi connectivity index (χ4n) is 1.43. The maximum absolute atomic E-state index is 10.7. The number of aliphatic hydroxyl groups is 1. The predicted molar refractivity (Wildman–Crippen MR) is 61.5 cm³/mol. The van der Waals surface area contributed by atoms with E-state index in [4.69, 9.17) is 9.84 Å². The number of benzene rings is 1. The van der Waals surface area contributed by atoms with Crippen LogP contribution < -0.4 is 10.1 Å². The van der Waals surface area contributed by atoms with Gasteiger partial charge in [-0.05, 0) is 37.1 Å². The smallest absolute Gasteiger partial charge is 0.245 e. The van der Waals surface area contributed by atoms with Crippen molar-refractivity contribution in [3.05, 3.63) is 29.3 Å². The number of ether oxygens (including phenoxy) is 1. The second-order valence-electron chi connectivity index (χ2n) is 3.68. The van der Waals surface area contributed by atoms with Crippen LogP contribution >= 0.6 is 0 Å². The summed E-state index contributed by atoms with van der Waals surface area (Å²) in [7, 11) is 0. The summed E-state index contributed by atoms with van der Waals surface area (Å²) < 4.78 is 5.47. The Morgan fingerprint density at radius 3 is 2.50 bits per heavy atom. The normalized spacial score (nSPS) is 9.94. The van der Waals surface area contributed by atoms with Crippen LogP contribution in [-0.4, -0.2) is 30.8 Å². The predicted octanol–water partition coefficient (Wildman–Crippen LogP) is 0.791. The third-order valence-corrected chi connectivity index (χ3v) is 2.03. The van der Waals surface area contributed by atoms with E-state index in [2.05, 4.69) is 11.4 Å². The SMILES string of the molecule is Cc1cc(C)cc(OCCNC(=O)CO)c1. The van der Waals surface area contributed by atoms with Gasteiger partial charge >= 0.3 is 0 Å². The molecule has 1 aromatic rings. The van der Waals surface area contributed by atoms with Crippen LogP contribution in [-0.2, 0) is 4.79 Å². The lowest BCUT2D eigenvalue weighted by atomic mass is 10.1. The number of carbonyl (C=O) groups excluding carboxylic acids is 1. The number of carbonyl (C=O) groups is 1. The Balaban J connectivity index is 2.34. The van der Waals surface area contributed by atoms with Gasteiger partial charge in [-0.25, -0.2) is 0 Å². The standard InChI is InChI=1S/C12H17NO3/c1-9-5-10(2)7-11(6-9)16-4-3-13-12(15)8-14/h5-7,14H,3-4,8H2,1-2H3,(H,13,15). The van der Waals surface area contributed by atoms with E-state index in [1.54, 1.807) is 0 Å². The number of nitrogens with one attached hydrogen (secondary N) is 1. The highest BCUT2D eigenvalue weighted by Gasteiger charge is 1.98. The maximum atomic E-state index is 10.7. The molecule has 0 saturated heterocycles. The van der Waals surface area contributed by atoms with E-state index >= 15 is 0 Å². The van der Waals surface area contributed by atoms with Crippen molar-refractivity contribution >= 4 is 5.91 Å². The minimum absolute atomic E-state index is 0.385. The second-order valence-corrected chi connectivity index (χ2v) is 3.68. The molecule has 16 heavy (non-hydrogen) atoms. The van der Waals surface area contributed by atoms with Crippen molar-refractivity contribution in [3.8, 4) is 5.75 Å². The Bertz CT molecular complexity index is 343. The Morgan fingerprint density at radius 2 is 1.94 bits per heavy atom. The summed E-state index contributed by atoms with van der Waals surface area (Å²) in [6, 6.07) is 5.96. The molecule has 4 heteroatoms. The molecule has 1 rings (SSSR count). The van der Waals surface area contributed by atoms with Gasteiger partial charge in [0.15, 0.2) is 0 Å². The van der Waals surface area contributed by atoms with Gasteiger partial charge in [-0.15, -0.1) is 0 Å². The average molecular weight is 223 g/mol. The third-order valence-electron chi connectivity index (χ3n) is 2.03. The van der Waals surface area contributed by atoms with Crippen molar-refractivity contribution in [3.63, 3.8) is 0 Å². The molecule has 1 amide bonds. The molecule has 0 heterocycles. The summed E-state index contributed by atoms with van der Waals surface area (Å²) >= 11 is 0.